The maximum atomic E-state index is 12.1. The van der Waals surface area contributed by atoms with E-state index in [1.165, 1.54) is 31.2 Å². The number of amides is 1. The molecule has 0 saturated heterocycles. The van der Waals surface area contributed by atoms with Crippen molar-refractivity contribution in [1.29, 1.82) is 5.26 Å². The van der Waals surface area contributed by atoms with E-state index in [1.807, 2.05) is 13.0 Å². The van der Waals surface area contributed by atoms with Crippen LogP contribution >= 0.6 is 0 Å². The first-order valence-corrected chi connectivity index (χ1v) is 7.64. The van der Waals surface area contributed by atoms with Crippen LogP contribution in [0.3, 0.4) is 0 Å². The largest absolute Gasteiger partial charge is 0.326 e. The van der Waals surface area contributed by atoms with Crippen LogP contribution in [0.15, 0.2) is 29.2 Å². The number of carbonyl (C=O) groups excluding carboxylic acids is 1. The number of nitrogens with zero attached hydrogens (tertiary/aromatic N) is 1. The quantitative estimate of drug-likeness (QED) is 0.833. The molecule has 0 spiro atoms. The number of benzene rings is 1. The molecule has 1 amide bonds. The lowest BCUT2D eigenvalue weighted by atomic mass is 10.2. The molecule has 0 aliphatic rings. The fourth-order valence-corrected chi connectivity index (χ4v) is 2.91. The zero-order valence-electron chi connectivity index (χ0n) is 11.4. The first kappa shape index (κ1) is 16.1. The zero-order valence-corrected chi connectivity index (χ0v) is 12.2. The molecule has 0 aromatic heterocycles. The van der Waals surface area contributed by atoms with Gasteiger partial charge in [-0.15, -0.1) is 0 Å². The highest BCUT2D eigenvalue weighted by Crippen LogP contribution is 2.15. The summed E-state index contributed by atoms with van der Waals surface area (Å²) in [5, 5.41) is 11.2. The summed E-state index contributed by atoms with van der Waals surface area (Å²) in [6.07, 6.45) is 0.663. The van der Waals surface area contributed by atoms with Gasteiger partial charge >= 0.3 is 0 Å². The Morgan fingerprint density at radius 1 is 1.35 bits per heavy atom. The Kier molecular flexibility index (Phi) is 5.67. The van der Waals surface area contributed by atoms with Crippen LogP contribution in [0.2, 0.25) is 0 Å². The van der Waals surface area contributed by atoms with Crippen LogP contribution in [-0.4, -0.2) is 20.4 Å². The van der Waals surface area contributed by atoms with E-state index in [-0.39, 0.29) is 17.2 Å². The molecule has 7 heteroatoms. The Morgan fingerprint density at radius 3 is 2.40 bits per heavy atom. The number of nitrogens with one attached hydrogen (secondary N) is 2. The van der Waals surface area contributed by atoms with E-state index in [2.05, 4.69) is 10.0 Å². The van der Waals surface area contributed by atoms with Gasteiger partial charge in [0.25, 0.3) is 0 Å². The summed E-state index contributed by atoms with van der Waals surface area (Å²) in [6.45, 7) is 3.18. The average molecular weight is 295 g/mol. The van der Waals surface area contributed by atoms with Gasteiger partial charge in [-0.3, -0.25) is 4.79 Å². The monoisotopic (exact) mass is 295 g/mol. The van der Waals surface area contributed by atoms with Crippen LogP contribution in [-0.2, 0) is 14.8 Å². The molecule has 0 radical (unpaired) electrons. The Morgan fingerprint density at radius 2 is 1.95 bits per heavy atom. The summed E-state index contributed by atoms with van der Waals surface area (Å²) in [4.78, 5) is 11.0. The lowest BCUT2D eigenvalue weighted by Crippen LogP contribution is -2.34. The second-order valence-corrected chi connectivity index (χ2v) is 6.01. The van der Waals surface area contributed by atoms with E-state index in [4.69, 9.17) is 5.26 Å². The summed E-state index contributed by atoms with van der Waals surface area (Å²) in [5.41, 5.74) is 0.528. The van der Waals surface area contributed by atoms with Crippen molar-refractivity contribution in [2.24, 2.45) is 0 Å². The third kappa shape index (κ3) is 4.64. The summed E-state index contributed by atoms with van der Waals surface area (Å²) < 4.78 is 26.7. The van der Waals surface area contributed by atoms with E-state index in [0.717, 1.165) is 0 Å². The van der Waals surface area contributed by atoms with Crippen molar-refractivity contribution in [3.8, 4) is 6.07 Å². The molecule has 0 saturated carbocycles. The minimum atomic E-state index is -3.65. The van der Waals surface area contributed by atoms with Gasteiger partial charge in [0.1, 0.15) is 0 Å². The minimum Gasteiger partial charge on any atom is -0.326 e. The maximum absolute atomic E-state index is 12.1. The molecule has 2 N–H and O–H groups in total. The highest BCUT2D eigenvalue weighted by molar-refractivity contribution is 7.89. The van der Waals surface area contributed by atoms with Crippen molar-refractivity contribution in [3.63, 3.8) is 0 Å². The highest BCUT2D eigenvalue weighted by Gasteiger charge is 2.18. The topological polar surface area (TPSA) is 99.1 Å². The minimum absolute atomic E-state index is 0.1000. The fourth-order valence-electron chi connectivity index (χ4n) is 1.59. The lowest BCUT2D eigenvalue weighted by molar-refractivity contribution is -0.114. The molecule has 1 unspecified atom stereocenters. The van der Waals surface area contributed by atoms with Crippen LogP contribution in [0.4, 0.5) is 5.69 Å². The number of nitriles is 1. The van der Waals surface area contributed by atoms with Gasteiger partial charge in [0.05, 0.1) is 17.4 Å². The Balaban J connectivity index is 2.87. The molecule has 1 atom stereocenters. The fraction of sp³-hybridized carbons (Fsp3) is 0.385. The van der Waals surface area contributed by atoms with Gasteiger partial charge in [-0.2, -0.15) is 5.26 Å². The standard InChI is InChI=1S/C13H17N3O3S/c1-3-11(8-9-14)16-20(18,19)13-6-4-12(5-7-13)15-10(2)17/h4-7,11,16H,3,8H2,1-2H3,(H,15,17). The molecule has 1 rings (SSSR count). The SMILES string of the molecule is CCC(CC#N)NS(=O)(=O)c1ccc(NC(C)=O)cc1. The molecule has 6 nitrogen and oxygen atoms in total. The van der Waals surface area contributed by atoms with Crippen molar-refractivity contribution in [3.05, 3.63) is 24.3 Å². The van der Waals surface area contributed by atoms with Crippen LogP contribution in [0.1, 0.15) is 26.7 Å². The first-order valence-electron chi connectivity index (χ1n) is 6.16. The Labute approximate surface area is 118 Å². The Hall–Kier alpha value is -1.91. The molecule has 108 valence electrons. The third-order valence-electron chi connectivity index (χ3n) is 2.64. The van der Waals surface area contributed by atoms with Crippen molar-refractivity contribution < 1.29 is 13.2 Å². The summed E-state index contributed by atoms with van der Waals surface area (Å²) in [5.74, 6) is -0.223. The van der Waals surface area contributed by atoms with Crippen molar-refractivity contribution in [2.75, 3.05) is 5.32 Å². The second kappa shape index (κ2) is 7.03. The van der Waals surface area contributed by atoms with E-state index in [9.17, 15) is 13.2 Å². The van der Waals surface area contributed by atoms with Crippen LogP contribution < -0.4 is 10.0 Å². The summed E-state index contributed by atoms with van der Waals surface area (Å²) in [7, 11) is -3.65. The smallest absolute Gasteiger partial charge is 0.240 e. The number of hydrogen-bond donors (Lipinski definition) is 2. The predicted octanol–water partition coefficient (Wildman–Crippen LogP) is 1.62. The number of sulfonamides is 1. The zero-order chi connectivity index (χ0) is 15.2. The normalized spacial score (nSPS) is 12.4. The van der Waals surface area contributed by atoms with Crippen LogP contribution in [0.5, 0.6) is 0 Å². The molecule has 0 fully saturated rings. The van der Waals surface area contributed by atoms with Crippen molar-refractivity contribution in [1.82, 2.24) is 4.72 Å². The lowest BCUT2D eigenvalue weighted by Gasteiger charge is -2.14. The molecule has 0 aliphatic heterocycles. The van der Waals surface area contributed by atoms with Crippen molar-refractivity contribution >= 4 is 21.6 Å². The van der Waals surface area contributed by atoms with Gasteiger partial charge in [-0.1, -0.05) is 6.92 Å². The van der Waals surface area contributed by atoms with Gasteiger partial charge in [0, 0.05) is 18.7 Å². The number of carbonyl (C=O) groups is 1. The van der Waals surface area contributed by atoms with E-state index in [1.54, 1.807) is 0 Å². The molecular weight excluding hydrogens is 278 g/mol. The number of anilines is 1. The molecule has 0 bridgehead atoms. The van der Waals surface area contributed by atoms with E-state index >= 15 is 0 Å². The molecule has 1 aromatic rings. The van der Waals surface area contributed by atoms with Gasteiger partial charge in [-0.05, 0) is 30.7 Å². The van der Waals surface area contributed by atoms with Crippen LogP contribution in [0.25, 0.3) is 0 Å². The third-order valence-corrected chi connectivity index (χ3v) is 4.17. The first-order chi connectivity index (χ1) is 9.39. The van der Waals surface area contributed by atoms with E-state index in [0.29, 0.717) is 12.1 Å². The summed E-state index contributed by atoms with van der Waals surface area (Å²) in [6, 6.07) is 7.40. The Bertz CT molecular complexity index is 603. The van der Waals surface area contributed by atoms with E-state index < -0.39 is 16.1 Å². The number of rotatable bonds is 6. The highest BCUT2D eigenvalue weighted by atomic mass is 32.2. The van der Waals surface area contributed by atoms with Gasteiger partial charge in [-0.25, -0.2) is 13.1 Å². The van der Waals surface area contributed by atoms with Gasteiger partial charge in [0.15, 0.2) is 0 Å². The molecule has 0 heterocycles. The molecule has 20 heavy (non-hydrogen) atoms. The van der Waals surface area contributed by atoms with Crippen LogP contribution in [0, 0.1) is 11.3 Å². The number of hydrogen-bond acceptors (Lipinski definition) is 4. The molecular formula is C13H17N3O3S. The average Bonchev–Trinajstić information content (AvgIpc) is 2.38. The molecule has 1 aromatic carbocycles. The van der Waals surface area contributed by atoms with Crippen molar-refractivity contribution in [2.45, 2.75) is 37.6 Å². The van der Waals surface area contributed by atoms with Gasteiger partial charge in [0.2, 0.25) is 15.9 Å². The molecule has 0 aliphatic carbocycles. The summed E-state index contributed by atoms with van der Waals surface area (Å²) >= 11 is 0. The second-order valence-electron chi connectivity index (χ2n) is 4.29. The van der Waals surface area contributed by atoms with Gasteiger partial charge < -0.3 is 5.32 Å². The maximum Gasteiger partial charge on any atom is 0.240 e. The predicted molar refractivity (Wildman–Crippen MR) is 75.4 cm³/mol.